The number of hydrogen-bond acceptors (Lipinski definition) is 3. The van der Waals surface area contributed by atoms with Crippen molar-refractivity contribution in [2.45, 2.75) is 38.7 Å². The summed E-state index contributed by atoms with van der Waals surface area (Å²) in [6.45, 7) is 2.94. The number of nitrogens with one attached hydrogen (secondary N) is 1. The van der Waals surface area contributed by atoms with E-state index in [0.717, 1.165) is 18.6 Å². The van der Waals surface area contributed by atoms with Gasteiger partial charge in [-0.25, -0.2) is 0 Å². The van der Waals surface area contributed by atoms with Crippen molar-refractivity contribution in [2.75, 3.05) is 13.2 Å². The molecular formula is C16H23NO3. The minimum absolute atomic E-state index is 0.0165. The highest BCUT2D eigenvalue weighted by Gasteiger charge is 2.29. The van der Waals surface area contributed by atoms with Crippen molar-refractivity contribution in [3.63, 3.8) is 0 Å². The number of ether oxygens (including phenoxy) is 1. The minimum Gasteiger partial charge on any atom is -0.494 e. The lowest BCUT2D eigenvalue weighted by Gasteiger charge is -2.11. The van der Waals surface area contributed by atoms with Gasteiger partial charge in [-0.2, -0.15) is 0 Å². The third kappa shape index (κ3) is 5.21. The number of amides is 1. The van der Waals surface area contributed by atoms with E-state index in [0.29, 0.717) is 31.9 Å². The molecule has 2 rings (SSSR count). The molecule has 0 saturated heterocycles. The predicted molar refractivity (Wildman–Crippen MR) is 77.6 cm³/mol. The Kier molecular flexibility index (Phi) is 5.41. The van der Waals surface area contributed by atoms with E-state index >= 15 is 0 Å². The summed E-state index contributed by atoms with van der Waals surface area (Å²) in [5.74, 6) is 1.22. The second kappa shape index (κ2) is 7.29. The maximum atomic E-state index is 11.6. The van der Waals surface area contributed by atoms with Gasteiger partial charge >= 0.3 is 0 Å². The highest BCUT2D eigenvalue weighted by Crippen LogP contribution is 2.32. The van der Waals surface area contributed by atoms with Gasteiger partial charge in [0, 0.05) is 13.0 Å². The van der Waals surface area contributed by atoms with Gasteiger partial charge in [0.25, 0.3) is 0 Å². The van der Waals surface area contributed by atoms with E-state index in [1.165, 1.54) is 5.56 Å². The van der Waals surface area contributed by atoms with Crippen LogP contribution in [0.25, 0.3) is 0 Å². The molecule has 4 heteroatoms. The number of aliphatic hydroxyl groups is 1. The predicted octanol–water partition coefficient (Wildman–Crippen LogP) is 2.04. The zero-order valence-electron chi connectivity index (χ0n) is 12.0. The Morgan fingerprint density at radius 2 is 2.10 bits per heavy atom. The molecule has 20 heavy (non-hydrogen) atoms. The van der Waals surface area contributed by atoms with E-state index in [4.69, 9.17) is 4.74 Å². The Morgan fingerprint density at radius 3 is 2.75 bits per heavy atom. The second-order valence-electron chi connectivity index (χ2n) is 5.47. The van der Waals surface area contributed by atoms with Gasteiger partial charge in [-0.3, -0.25) is 4.79 Å². The van der Waals surface area contributed by atoms with Gasteiger partial charge in [0.05, 0.1) is 12.7 Å². The van der Waals surface area contributed by atoms with Gasteiger partial charge in [-0.15, -0.1) is 0 Å². The molecule has 0 spiro atoms. The summed E-state index contributed by atoms with van der Waals surface area (Å²) in [5.41, 5.74) is 1.20. The summed E-state index contributed by atoms with van der Waals surface area (Å²) in [4.78, 5) is 11.6. The maximum absolute atomic E-state index is 11.6. The fourth-order valence-corrected chi connectivity index (χ4v) is 2.01. The third-order valence-corrected chi connectivity index (χ3v) is 3.51. The third-order valence-electron chi connectivity index (χ3n) is 3.51. The van der Waals surface area contributed by atoms with Crippen molar-refractivity contribution in [3.8, 4) is 5.75 Å². The monoisotopic (exact) mass is 277 g/mol. The standard InChI is InChI=1S/C16H23NO3/c1-12-4-8-14(9-5-12)20-10-2-3-16(19)17-11-15(18)13-6-7-13/h4-5,8-9,13,15,18H,2-3,6-7,10-11H2,1H3,(H,17,19). The molecule has 1 amide bonds. The molecule has 1 saturated carbocycles. The van der Waals surface area contributed by atoms with Crippen molar-refractivity contribution in [2.24, 2.45) is 5.92 Å². The van der Waals surface area contributed by atoms with E-state index in [1.54, 1.807) is 0 Å². The molecule has 0 aliphatic heterocycles. The highest BCUT2D eigenvalue weighted by molar-refractivity contribution is 5.75. The molecule has 1 aliphatic carbocycles. The number of carbonyl (C=O) groups excluding carboxylic acids is 1. The summed E-state index contributed by atoms with van der Waals surface area (Å²) in [6, 6.07) is 7.87. The number of benzene rings is 1. The molecule has 1 unspecified atom stereocenters. The van der Waals surface area contributed by atoms with Crippen LogP contribution in [-0.4, -0.2) is 30.3 Å². The lowest BCUT2D eigenvalue weighted by atomic mass is 10.2. The number of carbonyl (C=O) groups is 1. The molecule has 4 nitrogen and oxygen atoms in total. The van der Waals surface area contributed by atoms with Crippen LogP contribution in [0.4, 0.5) is 0 Å². The second-order valence-corrected chi connectivity index (χ2v) is 5.47. The summed E-state index contributed by atoms with van der Waals surface area (Å²) in [5, 5.41) is 12.4. The number of aryl methyl sites for hydroxylation is 1. The van der Waals surface area contributed by atoms with Crippen LogP contribution in [0.3, 0.4) is 0 Å². The Balaban J connectivity index is 1.53. The van der Waals surface area contributed by atoms with Crippen molar-refractivity contribution in [1.82, 2.24) is 5.32 Å². The molecule has 2 N–H and O–H groups in total. The molecule has 0 bridgehead atoms. The number of rotatable bonds is 8. The van der Waals surface area contributed by atoms with Crippen molar-refractivity contribution < 1.29 is 14.6 Å². The fraction of sp³-hybridized carbons (Fsp3) is 0.562. The van der Waals surface area contributed by atoms with Gasteiger partial charge in [0.2, 0.25) is 5.91 Å². The van der Waals surface area contributed by atoms with E-state index in [2.05, 4.69) is 5.32 Å². The van der Waals surface area contributed by atoms with Gasteiger partial charge in [-0.05, 0) is 44.2 Å². The van der Waals surface area contributed by atoms with Crippen LogP contribution in [0.2, 0.25) is 0 Å². The summed E-state index contributed by atoms with van der Waals surface area (Å²) in [7, 11) is 0. The zero-order valence-corrected chi connectivity index (χ0v) is 12.0. The summed E-state index contributed by atoms with van der Waals surface area (Å²) < 4.78 is 5.56. The Morgan fingerprint density at radius 1 is 1.40 bits per heavy atom. The zero-order chi connectivity index (χ0) is 14.4. The average Bonchev–Trinajstić information content (AvgIpc) is 3.27. The molecule has 1 atom stereocenters. The minimum atomic E-state index is -0.372. The van der Waals surface area contributed by atoms with Gasteiger partial charge in [0.1, 0.15) is 5.75 Å². The molecular weight excluding hydrogens is 254 g/mol. The number of aliphatic hydroxyl groups excluding tert-OH is 1. The van der Waals surface area contributed by atoms with Gasteiger partial charge in [-0.1, -0.05) is 17.7 Å². The molecule has 0 aromatic heterocycles. The van der Waals surface area contributed by atoms with Crippen molar-refractivity contribution in [3.05, 3.63) is 29.8 Å². The molecule has 1 fully saturated rings. The molecule has 1 aromatic carbocycles. The Hall–Kier alpha value is -1.55. The first kappa shape index (κ1) is 14.9. The molecule has 0 radical (unpaired) electrons. The number of hydrogen-bond donors (Lipinski definition) is 2. The van der Waals surface area contributed by atoms with Crippen LogP contribution >= 0.6 is 0 Å². The quantitative estimate of drug-likeness (QED) is 0.715. The molecule has 1 aromatic rings. The topological polar surface area (TPSA) is 58.6 Å². The van der Waals surface area contributed by atoms with E-state index in [9.17, 15) is 9.90 Å². The molecule has 1 aliphatic rings. The summed E-state index contributed by atoms with van der Waals surface area (Å²) in [6.07, 6.45) is 2.91. The van der Waals surface area contributed by atoms with Crippen LogP contribution in [0.5, 0.6) is 5.75 Å². The Labute approximate surface area is 120 Å². The first-order chi connectivity index (χ1) is 9.65. The van der Waals surface area contributed by atoms with Crippen LogP contribution in [0.1, 0.15) is 31.2 Å². The first-order valence-corrected chi connectivity index (χ1v) is 7.29. The summed E-state index contributed by atoms with van der Waals surface area (Å²) >= 11 is 0. The van der Waals surface area contributed by atoms with Crippen LogP contribution in [0.15, 0.2) is 24.3 Å². The van der Waals surface area contributed by atoms with Crippen LogP contribution in [-0.2, 0) is 4.79 Å². The average molecular weight is 277 g/mol. The lowest BCUT2D eigenvalue weighted by Crippen LogP contribution is -2.33. The molecule has 0 heterocycles. The van der Waals surface area contributed by atoms with Crippen LogP contribution in [0, 0.1) is 12.8 Å². The lowest BCUT2D eigenvalue weighted by molar-refractivity contribution is -0.121. The Bertz CT molecular complexity index is 426. The van der Waals surface area contributed by atoms with Crippen molar-refractivity contribution in [1.29, 1.82) is 0 Å². The molecule has 110 valence electrons. The van der Waals surface area contributed by atoms with Gasteiger partial charge < -0.3 is 15.2 Å². The normalized spacial score (nSPS) is 15.7. The highest BCUT2D eigenvalue weighted by atomic mass is 16.5. The van der Waals surface area contributed by atoms with Gasteiger partial charge in [0.15, 0.2) is 0 Å². The maximum Gasteiger partial charge on any atom is 0.220 e. The van der Waals surface area contributed by atoms with Crippen LogP contribution < -0.4 is 10.1 Å². The van der Waals surface area contributed by atoms with E-state index in [1.807, 2.05) is 31.2 Å². The first-order valence-electron chi connectivity index (χ1n) is 7.29. The fourth-order valence-electron chi connectivity index (χ4n) is 2.01. The van der Waals surface area contributed by atoms with E-state index < -0.39 is 0 Å². The smallest absolute Gasteiger partial charge is 0.220 e. The SMILES string of the molecule is Cc1ccc(OCCCC(=O)NCC(O)C2CC2)cc1. The largest absolute Gasteiger partial charge is 0.494 e. The van der Waals surface area contributed by atoms with E-state index in [-0.39, 0.29) is 12.0 Å². The van der Waals surface area contributed by atoms with Crippen molar-refractivity contribution >= 4 is 5.91 Å².